The van der Waals surface area contributed by atoms with Crippen LogP contribution in [0.1, 0.15) is 20.3 Å². The second kappa shape index (κ2) is 9.17. The molecule has 0 bridgehead atoms. The van der Waals surface area contributed by atoms with Gasteiger partial charge in [-0.2, -0.15) is 0 Å². The van der Waals surface area contributed by atoms with Crippen molar-refractivity contribution in [1.29, 1.82) is 0 Å². The zero-order valence-corrected chi connectivity index (χ0v) is 15.0. The van der Waals surface area contributed by atoms with E-state index in [4.69, 9.17) is 4.74 Å². The first kappa shape index (κ1) is 19.7. The van der Waals surface area contributed by atoms with Crippen LogP contribution in [-0.4, -0.2) is 55.0 Å². The molecule has 1 fully saturated rings. The van der Waals surface area contributed by atoms with E-state index in [-0.39, 0.29) is 43.6 Å². The maximum absolute atomic E-state index is 13.6. The maximum Gasteiger partial charge on any atom is 0.308 e. The first-order valence-electron chi connectivity index (χ1n) is 8.59. The Kier molecular flexibility index (Phi) is 6.94. The lowest BCUT2D eigenvalue weighted by Gasteiger charge is -2.34. The molecular formula is C18H24FN3O4. The quantitative estimate of drug-likeness (QED) is 0.708. The molecule has 1 unspecified atom stereocenters. The molecule has 26 heavy (non-hydrogen) atoms. The Labute approximate surface area is 151 Å². The van der Waals surface area contributed by atoms with Crippen molar-refractivity contribution in [1.82, 2.24) is 10.2 Å². The molecule has 7 nitrogen and oxygen atoms in total. The Balaban J connectivity index is 1.97. The molecular weight excluding hydrogens is 341 g/mol. The van der Waals surface area contributed by atoms with Crippen molar-refractivity contribution in [3.05, 3.63) is 30.1 Å². The molecule has 1 aliphatic rings. The van der Waals surface area contributed by atoms with Gasteiger partial charge in [0.25, 0.3) is 0 Å². The Morgan fingerprint density at radius 2 is 2.12 bits per heavy atom. The van der Waals surface area contributed by atoms with Gasteiger partial charge in [-0.05, 0) is 18.1 Å². The summed E-state index contributed by atoms with van der Waals surface area (Å²) >= 11 is 0. The van der Waals surface area contributed by atoms with Gasteiger partial charge in [-0.1, -0.05) is 26.0 Å². The average molecular weight is 365 g/mol. The van der Waals surface area contributed by atoms with Crippen molar-refractivity contribution in [2.75, 3.05) is 31.6 Å². The molecule has 1 aromatic carbocycles. The lowest BCUT2D eigenvalue weighted by atomic mass is 10.1. The van der Waals surface area contributed by atoms with Crippen LogP contribution in [0.2, 0.25) is 0 Å². The SMILES string of the molecule is CC(C)COC(=O)CC1C(=O)NCCN1C(=O)CNc1ccccc1F. The fraction of sp³-hybridized carbons (Fsp3) is 0.500. The number of para-hydroxylation sites is 1. The van der Waals surface area contributed by atoms with Crippen LogP contribution in [0.15, 0.2) is 24.3 Å². The number of nitrogens with one attached hydrogen (secondary N) is 2. The molecule has 0 aromatic heterocycles. The third-order valence-electron chi connectivity index (χ3n) is 3.89. The van der Waals surface area contributed by atoms with E-state index in [1.165, 1.54) is 17.0 Å². The Morgan fingerprint density at radius 3 is 2.81 bits per heavy atom. The number of ether oxygens (including phenoxy) is 1. The first-order valence-corrected chi connectivity index (χ1v) is 8.59. The van der Waals surface area contributed by atoms with Gasteiger partial charge in [0.15, 0.2) is 0 Å². The van der Waals surface area contributed by atoms with Gasteiger partial charge in [0.1, 0.15) is 11.9 Å². The van der Waals surface area contributed by atoms with Crippen molar-refractivity contribution in [2.45, 2.75) is 26.3 Å². The number of benzene rings is 1. The summed E-state index contributed by atoms with van der Waals surface area (Å²) in [5.41, 5.74) is 0.204. The van der Waals surface area contributed by atoms with E-state index < -0.39 is 23.7 Å². The summed E-state index contributed by atoms with van der Waals surface area (Å²) < 4.78 is 18.7. The lowest BCUT2D eigenvalue weighted by molar-refractivity contribution is -0.152. The molecule has 2 N–H and O–H groups in total. The summed E-state index contributed by atoms with van der Waals surface area (Å²) in [7, 11) is 0. The van der Waals surface area contributed by atoms with Crippen LogP contribution in [0, 0.1) is 11.7 Å². The van der Waals surface area contributed by atoms with E-state index in [1.807, 2.05) is 13.8 Å². The number of rotatable bonds is 7. The Morgan fingerprint density at radius 1 is 1.38 bits per heavy atom. The van der Waals surface area contributed by atoms with Crippen LogP contribution in [0.25, 0.3) is 0 Å². The number of piperazine rings is 1. The van der Waals surface area contributed by atoms with Gasteiger partial charge < -0.3 is 20.3 Å². The molecule has 1 aromatic rings. The molecule has 1 aliphatic heterocycles. The number of amides is 2. The molecule has 1 heterocycles. The zero-order chi connectivity index (χ0) is 19.1. The highest BCUT2D eigenvalue weighted by molar-refractivity contribution is 5.93. The minimum Gasteiger partial charge on any atom is -0.465 e. The molecule has 0 radical (unpaired) electrons. The van der Waals surface area contributed by atoms with Crippen LogP contribution in [0.5, 0.6) is 0 Å². The largest absolute Gasteiger partial charge is 0.465 e. The average Bonchev–Trinajstić information content (AvgIpc) is 2.60. The van der Waals surface area contributed by atoms with Gasteiger partial charge in [0.05, 0.1) is 25.3 Å². The number of hydrogen-bond acceptors (Lipinski definition) is 5. The standard InChI is InChI=1S/C18H24FN3O4/c1-12(2)11-26-17(24)9-15-18(25)20-7-8-22(15)16(23)10-21-14-6-4-3-5-13(14)19/h3-6,12,15,21H,7-11H2,1-2H3,(H,20,25). The van der Waals surface area contributed by atoms with Crippen molar-refractivity contribution in [2.24, 2.45) is 5.92 Å². The number of hydrogen-bond donors (Lipinski definition) is 2. The number of carbonyl (C=O) groups is 3. The second-order valence-electron chi connectivity index (χ2n) is 6.51. The van der Waals surface area contributed by atoms with Crippen LogP contribution < -0.4 is 10.6 Å². The summed E-state index contributed by atoms with van der Waals surface area (Å²) in [4.78, 5) is 37.9. The second-order valence-corrected chi connectivity index (χ2v) is 6.51. The molecule has 0 aliphatic carbocycles. The van der Waals surface area contributed by atoms with Crippen molar-refractivity contribution in [3.8, 4) is 0 Å². The van der Waals surface area contributed by atoms with Crippen LogP contribution >= 0.6 is 0 Å². The number of carbonyl (C=O) groups excluding carboxylic acids is 3. The van der Waals surface area contributed by atoms with Gasteiger partial charge in [-0.3, -0.25) is 14.4 Å². The molecule has 1 atom stereocenters. The van der Waals surface area contributed by atoms with Crippen molar-refractivity contribution in [3.63, 3.8) is 0 Å². The smallest absolute Gasteiger partial charge is 0.308 e. The number of halogens is 1. The molecule has 0 saturated carbocycles. The molecule has 0 spiro atoms. The predicted octanol–water partition coefficient (Wildman–Crippen LogP) is 1.15. The van der Waals surface area contributed by atoms with E-state index in [0.29, 0.717) is 6.54 Å². The van der Waals surface area contributed by atoms with Crippen molar-refractivity contribution >= 4 is 23.5 Å². The summed E-state index contributed by atoms with van der Waals surface area (Å²) in [6, 6.07) is 5.09. The Hall–Kier alpha value is -2.64. The number of esters is 1. The summed E-state index contributed by atoms with van der Waals surface area (Å²) in [5, 5.41) is 5.37. The third kappa shape index (κ3) is 5.44. The van der Waals surface area contributed by atoms with E-state index >= 15 is 0 Å². The molecule has 1 saturated heterocycles. The van der Waals surface area contributed by atoms with E-state index in [1.54, 1.807) is 12.1 Å². The van der Waals surface area contributed by atoms with Gasteiger partial charge in [-0.25, -0.2) is 4.39 Å². The molecule has 8 heteroatoms. The van der Waals surface area contributed by atoms with E-state index in [9.17, 15) is 18.8 Å². The molecule has 2 rings (SSSR count). The topological polar surface area (TPSA) is 87.7 Å². The van der Waals surface area contributed by atoms with Crippen LogP contribution in [0.3, 0.4) is 0 Å². The Bertz CT molecular complexity index is 666. The minimum absolute atomic E-state index is 0.175. The van der Waals surface area contributed by atoms with E-state index in [2.05, 4.69) is 10.6 Å². The highest BCUT2D eigenvalue weighted by Gasteiger charge is 2.35. The fourth-order valence-electron chi connectivity index (χ4n) is 2.57. The first-order chi connectivity index (χ1) is 12.4. The molecule has 2 amide bonds. The monoisotopic (exact) mass is 365 g/mol. The highest BCUT2D eigenvalue weighted by Crippen LogP contribution is 2.14. The maximum atomic E-state index is 13.6. The van der Waals surface area contributed by atoms with E-state index in [0.717, 1.165) is 0 Å². The summed E-state index contributed by atoms with van der Waals surface area (Å²) in [5.74, 6) is -1.59. The fourth-order valence-corrected chi connectivity index (χ4v) is 2.57. The lowest BCUT2D eigenvalue weighted by Crippen LogP contribution is -2.58. The number of anilines is 1. The zero-order valence-electron chi connectivity index (χ0n) is 15.0. The van der Waals surface area contributed by atoms with Gasteiger partial charge in [0.2, 0.25) is 11.8 Å². The molecule has 142 valence electrons. The predicted molar refractivity (Wildman–Crippen MR) is 93.8 cm³/mol. The van der Waals surface area contributed by atoms with Crippen LogP contribution in [-0.2, 0) is 19.1 Å². The van der Waals surface area contributed by atoms with Gasteiger partial charge in [0, 0.05) is 13.1 Å². The third-order valence-corrected chi connectivity index (χ3v) is 3.89. The minimum atomic E-state index is -0.918. The normalized spacial score (nSPS) is 17.0. The van der Waals surface area contributed by atoms with Gasteiger partial charge in [-0.15, -0.1) is 0 Å². The summed E-state index contributed by atoms with van der Waals surface area (Å²) in [6.45, 7) is 4.49. The summed E-state index contributed by atoms with van der Waals surface area (Å²) in [6.07, 6.45) is -0.204. The highest BCUT2D eigenvalue weighted by atomic mass is 19.1. The van der Waals surface area contributed by atoms with Crippen molar-refractivity contribution < 1.29 is 23.5 Å². The van der Waals surface area contributed by atoms with Gasteiger partial charge >= 0.3 is 5.97 Å². The number of nitrogens with zero attached hydrogens (tertiary/aromatic N) is 1. The van der Waals surface area contributed by atoms with Crippen LogP contribution in [0.4, 0.5) is 10.1 Å².